The van der Waals surface area contributed by atoms with Crippen molar-refractivity contribution < 1.29 is 22.0 Å². The second-order valence-electron chi connectivity index (χ2n) is 1.12. The Bertz CT molecular complexity index is 117. The first kappa shape index (κ1) is 8.67. The zero-order chi connectivity index (χ0) is 7.71. The molecule has 0 rings (SSSR count). The Labute approximate surface area is 50.8 Å². The summed E-state index contributed by atoms with van der Waals surface area (Å²) in [4.78, 5) is 0. The zero-order valence-corrected chi connectivity index (χ0v) is 4.61. The molecule has 0 aromatic heterocycles. The lowest BCUT2D eigenvalue weighted by Crippen LogP contribution is -2.34. The Kier molecular flexibility index (Phi) is 2.05. The summed E-state index contributed by atoms with van der Waals surface area (Å²) in [5.74, 6) is 0. The molecule has 0 aromatic carbocycles. The van der Waals surface area contributed by atoms with Crippen LogP contribution in [0.2, 0.25) is 0 Å². The highest BCUT2D eigenvalue weighted by Crippen LogP contribution is 2.34. The fourth-order valence-electron chi connectivity index (χ4n) is 0.0579. The van der Waals surface area contributed by atoms with E-state index < -0.39 is 23.0 Å². The highest BCUT2D eigenvalue weighted by molar-refractivity contribution is 7.68. The van der Waals surface area contributed by atoms with Gasteiger partial charge in [-0.15, -0.1) is 8.78 Å². The van der Waals surface area contributed by atoms with Crippen molar-refractivity contribution in [2.24, 2.45) is 0 Å². The van der Waals surface area contributed by atoms with Crippen LogP contribution in [0.1, 0.15) is 0 Å². The summed E-state index contributed by atoms with van der Waals surface area (Å²) >= 11 is -1.27. The van der Waals surface area contributed by atoms with Crippen molar-refractivity contribution >= 4 is 11.6 Å². The van der Waals surface area contributed by atoms with Crippen LogP contribution in [0.3, 0.4) is 0 Å². The summed E-state index contributed by atoms with van der Waals surface area (Å²) in [5, 5.41) is -4.94. The standard InChI is InChI=1S/C2HF5NS/c3-1(4,5)2(6,7)9-8/h8H/q+1. The molecule has 0 aliphatic carbocycles. The fourth-order valence-corrected chi connectivity index (χ4v) is 0.174. The molecule has 1 N–H and O–H groups in total. The molecular weight excluding hydrogens is 165 g/mol. The molecular formula is C2HF5NS+. The van der Waals surface area contributed by atoms with Crippen LogP contribution in [0.15, 0.2) is 0 Å². The largest absolute Gasteiger partial charge is 0.601 e. The van der Waals surface area contributed by atoms with E-state index in [1.54, 1.807) is 0 Å². The maximum atomic E-state index is 11.3. The van der Waals surface area contributed by atoms with E-state index in [0.717, 1.165) is 0 Å². The van der Waals surface area contributed by atoms with Crippen molar-refractivity contribution in [2.75, 3.05) is 0 Å². The van der Waals surface area contributed by atoms with Gasteiger partial charge in [0.2, 0.25) is 0 Å². The van der Waals surface area contributed by atoms with E-state index in [9.17, 15) is 22.0 Å². The number of rotatable bonds is 1. The zero-order valence-electron chi connectivity index (χ0n) is 3.80. The van der Waals surface area contributed by atoms with E-state index in [2.05, 4.69) is 0 Å². The number of alkyl halides is 5. The van der Waals surface area contributed by atoms with Crippen LogP contribution in [0, 0.1) is 4.78 Å². The first-order valence-corrected chi connectivity index (χ1v) is 2.42. The molecule has 54 valence electrons. The van der Waals surface area contributed by atoms with Gasteiger partial charge in [-0.2, -0.15) is 13.2 Å². The van der Waals surface area contributed by atoms with Crippen molar-refractivity contribution in [1.82, 2.24) is 0 Å². The molecule has 0 amide bonds. The Morgan fingerprint density at radius 2 is 1.33 bits per heavy atom. The van der Waals surface area contributed by atoms with Crippen molar-refractivity contribution in [3.8, 4) is 0 Å². The minimum absolute atomic E-state index is 1.27. The van der Waals surface area contributed by atoms with Crippen LogP contribution < -0.4 is 0 Å². The van der Waals surface area contributed by atoms with E-state index in [1.165, 1.54) is 0 Å². The molecule has 0 bridgehead atoms. The average Bonchev–Trinajstić information content (AvgIpc) is 1.64. The van der Waals surface area contributed by atoms with Gasteiger partial charge < -0.3 is 0 Å². The van der Waals surface area contributed by atoms with E-state index in [1.807, 2.05) is 0 Å². The third-order valence-electron chi connectivity index (χ3n) is 0.458. The third-order valence-corrected chi connectivity index (χ3v) is 0.946. The maximum Gasteiger partial charge on any atom is 0.601 e. The molecule has 0 saturated carbocycles. The molecule has 0 aromatic rings. The van der Waals surface area contributed by atoms with Crippen LogP contribution in [0.5, 0.6) is 0 Å². The Hall–Kier alpha value is -0.330. The van der Waals surface area contributed by atoms with Crippen LogP contribution in [0.25, 0.3) is 0 Å². The predicted molar refractivity (Wildman–Crippen MR) is 21.1 cm³/mol. The molecule has 9 heavy (non-hydrogen) atoms. The minimum atomic E-state index is -5.61. The van der Waals surface area contributed by atoms with Gasteiger partial charge in [0.15, 0.2) is 0 Å². The molecule has 0 atom stereocenters. The SMILES string of the molecule is N=[S+]C(F)(F)C(F)(F)F. The van der Waals surface area contributed by atoms with Gasteiger partial charge in [-0.25, -0.2) is 0 Å². The molecule has 0 saturated heterocycles. The lowest BCUT2D eigenvalue weighted by molar-refractivity contribution is -0.237. The minimum Gasteiger partial charge on any atom is -0.160 e. The summed E-state index contributed by atoms with van der Waals surface area (Å²) in [6.07, 6.45) is -5.61. The van der Waals surface area contributed by atoms with Gasteiger partial charge in [-0.3, -0.25) is 0 Å². The smallest absolute Gasteiger partial charge is 0.160 e. The maximum absolute atomic E-state index is 11.3. The highest BCUT2D eigenvalue weighted by atomic mass is 32.1. The Morgan fingerprint density at radius 3 is 1.33 bits per heavy atom. The van der Waals surface area contributed by atoms with Gasteiger partial charge in [-0.1, -0.05) is 0 Å². The van der Waals surface area contributed by atoms with E-state index in [-0.39, 0.29) is 0 Å². The molecule has 0 aliphatic heterocycles. The molecule has 0 aliphatic rings. The van der Waals surface area contributed by atoms with Crippen molar-refractivity contribution in [2.45, 2.75) is 11.4 Å². The monoisotopic (exact) mass is 166 g/mol. The van der Waals surface area contributed by atoms with Crippen molar-refractivity contribution in [1.29, 1.82) is 4.78 Å². The lowest BCUT2D eigenvalue weighted by Gasteiger charge is -2.01. The molecule has 0 heterocycles. The average molecular weight is 166 g/mol. The lowest BCUT2D eigenvalue weighted by atomic mass is 10.7. The normalized spacial score (nSPS) is 13.4. The molecule has 0 unspecified atom stereocenters. The molecule has 0 fully saturated rings. The van der Waals surface area contributed by atoms with Crippen molar-refractivity contribution in [3.63, 3.8) is 0 Å². The van der Waals surface area contributed by atoms with E-state index in [4.69, 9.17) is 4.78 Å². The third kappa shape index (κ3) is 1.81. The van der Waals surface area contributed by atoms with Gasteiger partial charge in [0.25, 0.3) is 0 Å². The summed E-state index contributed by atoms with van der Waals surface area (Å²) < 4.78 is 61.2. The van der Waals surface area contributed by atoms with Gasteiger partial charge >= 0.3 is 23.0 Å². The molecule has 0 spiro atoms. The van der Waals surface area contributed by atoms with E-state index in [0.29, 0.717) is 0 Å². The number of halogens is 5. The van der Waals surface area contributed by atoms with Crippen molar-refractivity contribution in [3.05, 3.63) is 0 Å². The number of hydrogen-bond acceptors (Lipinski definition) is 1. The first-order chi connectivity index (χ1) is 3.81. The number of hydrogen-bond donors (Lipinski definition) is 1. The quantitative estimate of drug-likeness (QED) is 0.455. The van der Waals surface area contributed by atoms with Crippen LogP contribution in [0.4, 0.5) is 22.0 Å². The summed E-state index contributed by atoms with van der Waals surface area (Å²) in [6, 6.07) is 0. The highest BCUT2D eigenvalue weighted by Gasteiger charge is 2.69. The van der Waals surface area contributed by atoms with E-state index >= 15 is 0 Å². The van der Waals surface area contributed by atoms with Crippen LogP contribution in [-0.4, -0.2) is 11.4 Å². The topological polar surface area (TPSA) is 23.9 Å². The van der Waals surface area contributed by atoms with Gasteiger partial charge in [-0.05, 0) is 4.78 Å². The second kappa shape index (κ2) is 2.13. The summed E-state index contributed by atoms with van der Waals surface area (Å²) in [5.41, 5.74) is 0. The summed E-state index contributed by atoms with van der Waals surface area (Å²) in [7, 11) is 0. The van der Waals surface area contributed by atoms with Gasteiger partial charge in [0.1, 0.15) is 0 Å². The second-order valence-corrected chi connectivity index (χ2v) is 1.83. The van der Waals surface area contributed by atoms with Crippen LogP contribution >= 0.6 is 0 Å². The predicted octanol–water partition coefficient (Wildman–Crippen LogP) is 1.99. The number of nitrogens with one attached hydrogen (secondary N) is 1. The Balaban J connectivity index is 4.32. The van der Waals surface area contributed by atoms with Gasteiger partial charge in [0.05, 0.1) is 0 Å². The summed E-state index contributed by atoms with van der Waals surface area (Å²) in [6.45, 7) is 0. The Morgan fingerprint density at radius 1 is 1.00 bits per heavy atom. The van der Waals surface area contributed by atoms with Crippen LogP contribution in [-0.2, 0) is 11.6 Å². The fraction of sp³-hybridized carbons (Fsp3) is 1.00. The first-order valence-electron chi connectivity index (χ1n) is 1.60. The van der Waals surface area contributed by atoms with Gasteiger partial charge in [0, 0.05) is 0 Å². The molecule has 7 heteroatoms. The molecule has 0 radical (unpaired) electrons. The molecule has 1 nitrogen and oxygen atoms in total.